The van der Waals surface area contributed by atoms with Crippen LogP contribution in [0, 0.1) is 5.92 Å². The normalized spacial score (nSPS) is 29.0. The molecule has 2 saturated heterocycles. The number of amides is 2. The van der Waals surface area contributed by atoms with Crippen molar-refractivity contribution in [1.82, 2.24) is 20.0 Å². The van der Waals surface area contributed by atoms with E-state index in [1.807, 2.05) is 0 Å². The predicted octanol–water partition coefficient (Wildman–Crippen LogP) is 1.61. The molecule has 1 unspecified atom stereocenters. The molecule has 1 aromatic heterocycles. The van der Waals surface area contributed by atoms with Crippen LogP contribution < -0.4 is 10.9 Å². The van der Waals surface area contributed by atoms with Gasteiger partial charge >= 0.3 is 13.3 Å². The molecule has 2 aliphatic heterocycles. The van der Waals surface area contributed by atoms with Crippen LogP contribution in [0.2, 0.25) is 25.7 Å². The first kappa shape index (κ1) is 31.0. The Morgan fingerprint density at radius 2 is 1.75 bits per heavy atom. The first-order chi connectivity index (χ1) is 18.6. The summed E-state index contributed by atoms with van der Waals surface area (Å²) in [5, 5.41) is 36.7. The summed E-state index contributed by atoms with van der Waals surface area (Å²) < 4.78 is 46.2. The van der Waals surface area contributed by atoms with Crippen LogP contribution in [0.5, 0.6) is 0 Å². The molecule has 1 saturated carbocycles. The standard InChI is InChI=1S/C25H40BF3N4O6Si/c1-40(2,3)11-10-39-15-32-21(26(37)38)14-20(31-32)23(35)33-18-4-5-19(33)13-16(12-18)22(34)30-17-6-8-24(36,9-7-17)25(27,28)29/h14,16-19,36-38H,4-13,15H2,1-3H3,(H,30,34)/t16?,17?,18-,19+,24?. The highest BCUT2D eigenvalue weighted by Crippen LogP contribution is 2.42. The molecule has 1 aliphatic carbocycles. The van der Waals surface area contributed by atoms with E-state index in [1.165, 1.54) is 10.7 Å². The Labute approximate surface area is 233 Å². The minimum atomic E-state index is -4.69. The SMILES string of the molecule is C[Si](C)(C)CCOCn1nc(C(=O)N2[C@@H]3CC[C@H]2CC(C(=O)NC2CCC(O)(C(F)(F)F)CC2)C3)cc1B(O)O. The number of hydrogen-bond acceptors (Lipinski definition) is 7. The zero-order chi connectivity index (χ0) is 29.5. The zero-order valence-corrected chi connectivity index (χ0v) is 24.3. The summed E-state index contributed by atoms with van der Waals surface area (Å²) >= 11 is 0. The van der Waals surface area contributed by atoms with Crippen LogP contribution in [-0.4, -0.2) is 93.4 Å². The van der Waals surface area contributed by atoms with Crippen LogP contribution in [0.1, 0.15) is 61.9 Å². The van der Waals surface area contributed by atoms with E-state index < -0.39 is 45.9 Å². The highest BCUT2D eigenvalue weighted by Gasteiger charge is 2.55. The molecular weight excluding hydrogens is 548 g/mol. The van der Waals surface area contributed by atoms with Gasteiger partial charge < -0.3 is 30.1 Å². The number of hydrogen-bond donors (Lipinski definition) is 4. The van der Waals surface area contributed by atoms with Gasteiger partial charge in [-0.05, 0) is 63.5 Å². The second kappa shape index (κ2) is 11.7. The van der Waals surface area contributed by atoms with E-state index in [9.17, 15) is 37.9 Å². The van der Waals surface area contributed by atoms with Crippen LogP contribution in [-0.2, 0) is 16.3 Å². The summed E-state index contributed by atoms with van der Waals surface area (Å²) in [5.41, 5.74) is -2.56. The van der Waals surface area contributed by atoms with Gasteiger partial charge in [-0.15, -0.1) is 0 Å². The maximum absolute atomic E-state index is 13.5. The number of alkyl halides is 3. The van der Waals surface area contributed by atoms with Gasteiger partial charge in [0.2, 0.25) is 5.91 Å². The van der Waals surface area contributed by atoms with E-state index in [1.54, 1.807) is 4.90 Å². The number of nitrogens with one attached hydrogen (secondary N) is 1. The van der Waals surface area contributed by atoms with E-state index in [0.29, 0.717) is 19.4 Å². The molecule has 0 radical (unpaired) electrons. The summed E-state index contributed by atoms with van der Waals surface area (Å²) in [6.45, 7) is 7.15. The number of ether oxygens (including phenoxy) is 1. The lowest BCUT2D eigenvalue weighted by Crippen LogP contribution is -2.53. The van der Waals surface area contributed by atoms with E-state index in [-0.39, 0.29) is 60.7 Å². The van der Waals surface area contributed by atoms with Gasteiger partial charge in [0, 0.05) is 38.7 Å². The average molecular weight is 589 g/mol. The molecule has 3 fully saturated rings. The second-order valence-electron chi connectivity index (χ2n) is 12.8. The van der Waals surface area contributed by atoms with Crippen molar-refractivity contribution in [2.75, 3.05) is 6.61 Å². The Morgan fingerprint density at radius 1 is 1.15 bits per heavy atom. The van der Waals surface area contributed by atoms with Gasteiger partial charge in [-0.1, -0.05) is 19.6 Å². The third-order valence-electron chi connectivity index (χ3n) is 8.53. The minimum Gasteiger partial charge on any atom is -0.422 e. The van der Waals surface area contributed by atoms with Crippen molar-refractivity contribution in [1.29, 1.82) is 0 Å². The van der Waals surface area contributed by atoms with E-state index >= 15 is 0 Å². The Bertz CT molecular complexity index is 1060. The van der Waals surface area contributed by atoms with Crippen molar-refractivity contribution in [2.24, 2.45) is 5.92 Å². The molecule has 4 rings (SSSR count). The van der Waals surface area contributed by atoms with Gasteiger partial charge in [-0.3, -0.25) is 9.59 Å². The zero-order valence-electron chi connectivity index (χ0n) is 23.3. The Balaban J connectivity index is 1.34. The smallest absolute Gasteiger partial charge is 0.422 e. The summed E-state index contributed by atoms with van der Waals surface area (Å²) in [6, 6.07) is 1.49. The maximum Gasteiger partial charge on any atom is 0.507 e. The molecule has 40 heavy (non-hydrogen) atoms. The molecule has 2 amide bonds. The quantitative estimate of drug-likeness (QED) is 0.254. The van der Waals surface area contributed by atoms with Crippen molar-refractivity contribution < 1.29 is 42.7 Å². The van der Waals surface area contributed by atoms with Gasteiger partial charge in [-0.2, -0.15) is 18.3 Å². The molecule has 0 spiro atoms. The molecule has 15 heteroatoms. The lowest BCUT2D eigenvalue weighted by Gasteiger charge is -2.40. The number of fused-ring (bicyclic) bond motifs is 2. The third-order valence-corrected chi connectivity index (χ3v) is 10.2. The Kier molecular flexibility index (Phi) is 9.10. The number of carbonyl (C=O) groups is 2. The van der Waals surface area contributed by atoms with Crippen LogP contribution in [0.4, 0.5) is 13.2 Å². The van der Waals surface area contributed by atoms with Crippen LogP contribution in [0.3, 0.4) is 0 Å². The van der Waals surface area contributed by atoms with E-state index in [2.05, 4.69) is 30.1 Å². The number of carbonyl (C=O) groups excluding carboxylic acids is 2. The fourth-order valence-corrected chi connectivity index (χ4v) is 6.83. The second-order valence-corrected chi connectivity index (χ2v) is 18.4. The molecule has 224 valence electrons. The molecule has 4 N–H and O–H groups in total. The van der Waals surface area contributed by atoms with Gasteiger partial charge in [0.1, 0.15) is 12.4 Å². The number of nitrogens with zero attached hydrogens (tertiary/aromatic N) is 3. The first-order valence-corrected chi connectivity index (χ1v) is 17.7. The maximum atomic E-state index is 13.5. The minimum absolute atomic E-state index is 0.0125. The summed E-state index contributed by atoms with van der Waals surface area (Å²) in [6.07, 6.45) is -3.17. The highest BCUT2D eigenvalue weighted by atomic mass is 28.3. The predicted molar refractivity (Wildman–Crippen MR) is 143 cm³/mol. The summed E-state index contributed by atoms with van der Waals surface area (Å²) in [5.74, 6) is -0.929. The van der Waals surface area contributed by atoms with Crippen molar-refractivity contribution in [3.63, 3.8) is 0 Å². The molecule has 1 aromatic rings. The number of aliphatic hydroxyl groups is 1. The lowest BCUT2D eigenvalue weighted by molar-refractivity contribution is -0.270. The van der Waals surface area contributed by atoms with Gasteiger partial charge in [0.05, 0.1) is 5.59 Å². The fourth-order valence-electron chi connectivity index (χ4n) is 6.07. The fraction of sp³-hybridized carbons (Fsp3) is 0.800. The van der Waals surface area contributed by atoms with Crippen molar-refractivity contribution in [2.45, 2.75) is 114 Å². The largest absolute Gasteiger partial charge is 0.507 e. The van der Waals surface area contributed by atoms with Crippen molar-refractivity contribution in [3.05, 3.63) is 11.8 Å². The monoisotopic (exact) mass is 588 g/mol. The van der Waals surface area contributed by atoms with Gasteiger partial charge in [0.15, 0.2) is 5.60 Å². The number of halogens is 3. The van der Waals surface area contributed by atoms with Gasteiger partial charge in [0.25, 0.3) is 5.91 Å². The number of aromatic nitrogens is 2. The van der Waals surface area contributed by atoms with Crippen molar-refractivity contribution >= 4 is 32.6 Å². The van der Waals surface area contributed by atoms with Crippen LogP contribution in [0.25, 0.3) is 0 Å². The number of rotatable bonds is 9. The van der Waals surface area contributed by atoms with E-state index in [0.717, 1.165) is 18.9 Å². The summed E-state index contributed by atoms with van der Waals surface area (Å²) in [4.78, 5) is 28.2. The molecule has 2 bridgehead atoms. The van der Waals surface area contributed by atoms with Crippen LogP contribution in [0.15, 0.2) is 6.07 Å². The average Bonchev–Trinajstić information content (AvgIpc) is 3.40. The lowest BCUT2D eigenvalue weighted by atomic mass is 9.81. The summed E-state index contributed by atoms with van der Waals surface area (Å²) in [7, 11) is -3.13. The molecule has 3 atom stereocenters. The third kappa shape index (κ3) is 6.92. The Hall–Kier alpha value is -1.94. The van der Waals surface area contributed by atoms with Crippen molar-refractivity contribution in [3.8, 4) is 0 Å². The topological polar surface area (TPSA) is 137 Å². The number of piperidine rings is 1. The molecule has 3 aliphatic rings. The molecule has 0 aromatic carbocycles. The first-order valence-electron chi connectivity index (χ1n) is 14.0. The molecule has 3 heterocycles. The Morgan fingerprint density at radius 3 is 2.27 bits per heavy atom. The molecular formula is C25H40BF3N4O6Si. The molecule has 10 nitrogen and oxygen atoms in total. The van der Waals surface area contributed by atoms with Gasteiger partial charge in [-0.25, -0.2) is 4.68 Å². The highest BCUT2D eigenvalue weighted by molar-refractivity contribution is 6.76. The van der Waals surface area contributed by atoms with E-state index in [4.69, 9.17) is 4.74 Å². The van der Waals surface area contributed by atoms with Crippen LogP contribution >= 0.6 is 0 Å².